The van der Waals surface area contributed by atoms with Crippen LogP contribution in [0.2, 0.25) is 0 Å². The van der Waals surface area contributed by atoms with Gasteiger partial charge in [0.2, 0.25) is 0 Å². The van der Waals surface area contributed by atoms with E-state index in [1.165, 1.54) is 0 Å². The third-order valence-electron chi connectivity index (χ3n) is 3.21. The highest BCUT2D eigenvalue weighted by Crippen LogP contribution is 2.09. The number of hydrogen-bond acceptors (Lipinski definition) is 3. The van der Waals surface area contributed by atoms with Crippen molar-refractivity contribution in [3.63, 3.8) is 0 Å². The van der Waals surface area contributed by atoms with Crippen LogP contribution in [0.3, 0.4) is 0 Å². The predicted molar refractivity (Wildman–Crippen MR) is 79.7 cm³/mol. The molecule has 0 spiro atoms. The molecule has 0 saturated heterocycles. The Balaban J connectivity index is 3.93. The van der Waals surface area contributed by atoms with E-state index < -0.39 is 5.97 Å². The summed E-state index contributed by atoms with van der Waals surface area (Å²) >= 11 is 1.73. The summed E-state index contributed by atoms with van der Waals surface area (Å²) in [6, 6.07) is 0.164. The van der Waals surface area contributed by atoms with Crippen LogP contribution in [0.1, 0.15) is 33.1 Å². The fraction of sp³-hybridized carbons (Fsp3) is 0.846. The van der Waals surface area contributed by atoms with Crippen LogP contribution < -0.4 is 5.32 Å². The Labute approximate surface area is 120 Å². The maximum atomic E-state index is 11.9. The van der Waals surface area contributed by atoms with Gasteiger partial charge in [-0.1, -0.05) is 13.8 Å². The minimum atomic E-state index is -0.783. The molecule has 5 nitrogen and oxygen atoms in total. The van der Waals surface area contributed by atoms with Crippen LogP contribution in [-0.2, 0) is 4.79 Å². The van der Waals surface area contributed by atoms with E-state index in [0.29, 0.717) is 19.4 Å². The van der Waals surface area contributed by atoms with Gasteiger partial charge in [0, 0.05) is 25.4 Å². The zero-order chi connectivity index (χ0) is 14.8. The molecule has 2 amide bonds. The van der Waals surface area contributed by atoms with Crippen molar-refractivity contribution >= 4 is 23.8 Å². The van der Waals surface area contributed by atoms with Crippen molar-refractivity contribution < 1.29 is 14.7 Å². The quantitative estimate of drug-likeness (QED) is 0.639. The molecule has 2 unspecified atom stereocenters. The number of amides is 2. The van der Waals surface area contributed by atoms with E-state index in [1.807, 2.05) is 6.26 Å². The minimum Gasteiger partial charge on any atom is -0.481 e. The van der Waals surface area contributed by atoms with Crippen molar-refractivity contribution in [3.8, 4) is 0 Å². The number of thioether (sulfide) groups is 1. The second-order valence-corrected chi connectivity index (χ2v) is 5.65. The molecule has 0 aromatic carbocycles. The van der Waals surface area contributed by atoms with Crippen LogP contribution in [0.5, 0.6) is 0 Å². The normalized spacial score (nSPS) is 13.7. The highest BCUT2D eigenvalue weighted by atomic mass is 32.2. The lowest BCUT2D eigenvalue weighted by Gasteiger charge is -2.27. The third-order valence-corrected chi connectivity index (χ3v) is 3.93. The average molecular weight is 290 g/mol. The van der Waals surface area contributed by atoms with E-state index in [1.54, 1.807) is 30.6 Å². The fourth-order valence-electron chi connectivity index (χ4n) is 1.71. The van der Waals surface area contributed by atoms with Gasteiger partial charge in [-0.25, -0.2) is 4.79 Å². The monoisotopic (exact) mass is 290 g/mol. The van der Waals surface area contributed by atoms with E-state index in [2.05, 4.69) is 12.2 Å². The number of carbonyl (C=O) groups excluding carboxylic acids is 1. The molecule has 0 rings (SSSR count). The van der Waals surface area contributed by atoms with E-state index in [0.717, 1.165) is 12.2 Å². The molecule has 112 valence electrons. The highest BCUT2D eigenvalue weighted by molar-refractivity contribution is 7.98. The summed E-state index contributed by atoms with van der Waals surface area (Å²) in [5.41, 5.74) is 0. The Morgan fingerprint density at radius 3 is 2.53 bits per heavy atom. The number of nitrogens with zero attached hydrogens (tertiary/aromatic N) is 1. The molecule has 0 aliphatic heterocycles. The van der Waals surface area contributed by atoms with Crippen molar-refractivity contribution in [1.82, 2.24) is 10.2 Å². The molecule has 6 heteroatoms. The van der Waals surface area contributed by atoms with Gasteiger partial charge in [0.15, 0.2) is 0 Å². The number of nitrogens with one attached hydrogen (secondary N) is 1. The van der Waals surface area contributed by atoms with Gasteiger partial charge in [-0.3, -0.25) is 4.79 Å². The smallest absolute Gasteiger partial charge is 0.317 e. The van der Waals surface area contributed by atoms with Gasteiger partial charge in [-0.05, 0) is 25.5 Å². The zero-order valence-electron chi connectivity index (χ0n) is 12.3. The molecule has 0 fully saturated rings. The number of carboxylic acid groups (broad SMARTS) is 1. The molecule has 0 aromatic heterocycles. The number of carbonyl (C=O) groups is 2. The average Bonchev–Trinajstić information content (AvgIpc) is 2.39. The maximum Gasteiger partial charge on any atom is 0.317 e. The molecule has 0 aromatic rings. The molecule has 0 aliphatic rings. The van der Waals surface area contributed by atoms with Crippen molar-refractivity contribution in [1.29, 1.82) is 0 Å². The van der Waals surface area contributed by atoms with Gasteiger partial charge in [0.1, 0.15) is 0 Å². The minimum absolute atomic E-state index is 0.0797. The Kier molecular flexibility index (Phi) is 9.47. The second kappa shape index (κ2) is 9.95. The molecule has 19 heavy (non-hydrogen) atoms. The van der Waals surface area contributed by atoms with Crippen LogP contribution in [0.25, 0.3) is 0 Å². The summed E-state index contributed by atoms with van der Waals surface area (Å²) in [4.78, 5) is 24.3. The third kappa shape index (κ3) is 7.30. The summed E-state index contributed by atoms with van der Waals surface area (Å²) in [6.07, 6.45) is 4.23. The van der Waals surface area contributed by atoms with Crippen LogP contribution in [0, 0.1) is 5.92 Å². The molecule has 0 radical (unpaired) electrons. The molecule has 2 N–H and O–H groups in total. The Morgan fingerprint density at radius 2 is 2.05 bits per heavy atom. The lowest BCUT2D eigenvalue weighted by Crippen LogP contribution is -2.44. The summed E-state index contributed by atoms with van der Waals surface area (Å²) in [7, 11) is 1.81. The first-order valence-corrected chi connectivity index (χ1v) is 8.05. The molecule has 0 bridgehead atoms. The molecule has 0 heterocycles. The van der Waals surface area contributed by atoms with Crippen LogP contribution >= 0.6 is 11.8 Å². The SMILES string of the molecule is CCC(CSC)N(C)C(=O)NCCCC(C)C(=O)O. The van der Waals surface area contributed by atoms with Gasteiger partial charge in [-0.2, -0.15) is 11.8 Å². The predicted octanol–water partition coefficient (Wildman–Crippen LogP) is 2.27. The van der Waals surface area contributed by atoms with Gasteiger partial charge in [0.05, 0.1) is 5.92 Å². The lowest BCUT2D eigenvalue weighted by atomic mass is 10.1. The van der Waals surface area contributed by atoms with Gasteiger partial charge < -0.3 is 15.3 Å². The number of hydrogen-bond donors (Lipinski definition) is 2. The number of urea groups is 1. The second-order valence-electron chi connectivity index (χ2n) is 4.74. The molecular formula is C13H26N2O3S. The van der Waals surface area contributed by atoms with Gasteiger partial charge in [-0.15, -0.1) is 0 Å². The number of aliphatic carboxylic acids is 1. The topological polar surface area (TPSA) is 69.6 Å². The van der Waals surface area contributed by atoms with Crippen LogP contribution in [-0.4, -0.2) is 53.6 Å². The Hall–Kier alpha value is -0.910. The first kappa shape index (κ1) is 18.1. The summed E-state index contributed by atoms with van der Waals surface area (Å²) < 4.78 is 0. The van der Waals surface area contributed by atoms with E-state index in [9.17, 15) is 9.59 Å². The van der Waals surface area contributed by atoms with Gasteiger partial charge in [0.25, 0.3) is 0 Å². The first-order valence-electron chi connectivity index (χ1n) is 6.66. The summed E-state index contributed by atoms with van der Waals surface area (Å²) in [5.74, 6) is -0.208. The highest BCUT2D eigenvalue weighted by Gasteiger charge is 2.17. The van der Waals surface area contributed by atoms with Crippen LogP contribution in [0.15, 0.2) is 0 Å². The lowest BCUT2D eigenvalue weighted by molar-refractivity contribution is -0.141. The van der Waals surface area contributed by atoms with Crippen molar-refractivity contribution in [2.24, 2.45) is 5.92 Å². The standard InChI is InChI=1S/C13H26N2O3S/c1-5-11(9-19-4)15(3)13(18)14-8-6-7-10(2)12(16)17/h10-11H,5-9H2,1-4H3,(H,14,18)(H,16,17). The van der Waals surface area contributed by atoms with Crippen molar-refractivity contribution in [3.05, 3.63) is 0 Å². The van der Waals surface area contributed by atoms with E-state index in [4.69, 9.17) is 5.11 Å². The first-order chi connectivity index (χ1) is 8.93. The van der Waals surface area contributed by atoms with Gasteiger partial charge >= 0.3 is 12.0 Å². The van der Waals surface area contributed by atoms with Crippen LogP contribution in [0.4, 0.5) is 4.79 Å². The zero-order valence-corrected chi connectivity index (χ0v) is 13.1. The maximum absolute atomic E-state index is 11.9. The summed E-state index contributed by atoms with van der Waals surface area (Å²) in [6.45, 7) is 4.28. The van der Waals surface area contributed by atoms with E-state index >= 15 is 0 Å². The van der Waals surface area contributed by atoms with E-state index in [-0.39, 0.29) is 18.0 Å². The molecule has 0 aliphatic carbocycles. The Morgan fingerprint density at radius 1 is 1.42 bits per heavy atom. The number of rotatable bonds is 9. The summed E-state index contributed by atoms with van der Waals surface area (Å²) in [5, 5.41) is 11.6. The molecule has 2 atom stereocenters. The molecule has 0 saturated carbocycles. The number of carboxylic acids is 1. The Bertz CT molecular complexity index is 287. The fourth-order valence-corrected chi connectivity index (χ4v) is 2.56. The largest absolute Gasteiger partial charge is 0.481 e. The van der Waals surface area contributed by atoms with Crippen molar-refractivity contribution in [2.45, 2.75) is 39.2 Å². The van der Waals surface area contributed by atoms with Crippen molar-refractivity contribution in [2.75, 3.05) is 25.6 Å². The molecular weight excluding hydrogens is 264 g/mol.